The number of allylic oxidation sites excluding steroid dienone is 3. The van der Waals surface area contributed by atoms with E-state index in [4.69, 9.17) is 4.74 Å². The zero-order valence-electron chi connectivity index (χ0n) is 20.9. The van der Waals surface area contributed by atoms with Crippen LogP contribution in [-0.4, -0.2) is 15.2 Å². The molecule has 0 amide bonds. The Kier molecular flexibility index (Phi) is 9.94. The lowest BCUT2D eigenvalue weighted by atomic mass is 9.73. The van der Waals surface area contributed by atoms with Crippen LogP contribution in [0.3, 0.4) is 0 Å². The van der Waals surface area contributed by atoms with E-state index in [0.29, 0.717) is 5.75 Å². The maximum Gasteiger partial charge on any atom is 0.373 e. The van der Waals surface area contributed by atoms with Crippen molar-refractivity contribution < 1.29 is 14.6 Å². The molecule has 0 bridgehead atoms. The van der Waals surface area contributed by atoms with E-state index in [2.05, 4.69) is 54.2 Å². The Morgan fingerprint density at radius 2 is 1.97 bits per heavy atom. The van der Waals surface area contributed by atoms with Gasteiger partial charge in [0, 0.05) is 16.2 Å². The summed E-state index contributed by atoms with van der Waals surface area (Å²) in [6, 6.07) is 3.84. The average molecular weight is 459 g/mol. The van der Waals surface area contributed by atoms with Gasteiger partial charge in [-0.1, -0.05) is 70.8 Å². The summed E-state index contributed by atoms with van der Waals surface area (Å²) in [7, 11) is 0. The quantitative estimate of drug-likeness (QED) is 0.216. The van der Waals surface area contributed by atoms with E-state index in [1.165, 1.54) is 17.3 Å². The van der Waals surface area contributed by atoms with Crippen LogP contribution in [0.5, 0.6) is 11.5 Å². The Labute approximate surface area is 199 Å². The van der Waals surface area contributed by atoms with Gasteiger partial charge >= 0.3 is 5.30 Å². The molecule has 0 saturated carbocycles. The Hall–Kier alpha value is -1.68. The maximum absolute atomic E-state index is 12.9. The fraction of sp³-hybridized carbons (Fsp3) is 0.607. The molecule has 0 radical (unpaired) electrons. The van der Waals surface area contributed by atoms with Crippen LogP contribution in [0.2, 0.25) is 0 Å². The molecule has 1 aliphatic rings. The van der Waals surface area contributed by atoms with E-state index in [1.54, 1.807) is 0 Å². The molecule has 1 aromatic carbocycles. The van der Waals surface area contributed by atoms with Crippen LogP contribution in [0.15, 0.2) is 35.9 Å². The molecule has 4 heteroatoms. The van der Waals surface area contributed by atoms with Crippen LogP contribution in [0.4, 0.5) is 4.79 Å². The van der Waals surface area contributed by atoms with E-state index < -0.39 is 0 Å². The second-order valence-corrected chi connectivity index (χ2v) is 11.6. The number of thioether (sulfide) groups is 1. The highest BCUT2D eigenvalue weighted by Crippen LogP contribution is 2.47. The molecule has 2 atom stereocenters. The largest absolute Gasteiger partial charge is 0.507 e. The molecule has 0 saturated heterocycles. The Morgan fingerprint density at radius 3 is 2.59 bits per heavy atom. The lowest BCUT2D eigenvalue weighted by Gasteiger charge is -2.32. The van der Waals surface area contributed by atoms with Crippen molar-refractivity contribution in [2.24, 2.45) is 5.92 Å². The second-order valence-electron chi connectivity index (χ2n) is 9.98. The van der Waals surface area contributed by atoms with Gasteiger partial charge in [0.1, 0.15) is 11.5 Å². The maximum atomic E-state index is 12.9. The minimum absolute atomic E-state index is 0.0395. The summed E-state index contributed by atoms with van der Waals surface area (Å²) in [6.07, 6.45) is 10.4. The average Bonchev–Trinajstić information content (AvgIpc) is 2.67. The summed E-state index contributed by atoms with van der Waals surface area (Å²) in [4.78, 5) is 12.9. The summed E-state index contributed by atoms with van der Waals surface area (Å²) in [5, 5.41) is 10.8. The lowest BCUT2D eigenvalue weighted by molar-refractivity contribution is 0.225. The number of hydrogen-bond acceptors (Lipinski definition) is 4. The first-order chi connectivity index (χ1) is 15.1. The predicted molar refractivity (Wildman–Crippen MR) is 138 cm³/mol. The van der Waals surface area contributed by atoms with Crippen molar-refractivity contribution in [3.05, 3.63) is 47.1 Å². The first-order valence-corrected chi connectivity index (χ1v) is 13.0. The molecule has 2 rings (SSSR count). The molecule has 1 aromatic rings. The Morgan fingerprint density at radius 1 is 1.25 bits per heavy atom. The van der Waals surface area contributed by atoms with Gasteiger partial charge in [0.2, 0.25) is 0 Å². The minimum atomic E-state index is -0.307. The van der Waals surface area contributed by atoms with Crippen LogP contribution in [-0.2, 0) is 6.42 Å². The molecule has 32 heavy (non-hydrogen) atoms. The molecular weight excluding hydrogens is 416 g/mol. The fourth-order valence-electron chi connectivity index (χ4n) is 4.71. The van der Waals surface area contributed by atoms with E-state index in [0.717, 1.165) is 68.1 Å². The molecule has 3 nitrogen and oxygen atoms in total. The van der Waals surface area contributed by atoms with Crippen LogP contribution >= 0.6 is 11.8 Å². The number of phenolic OH excluding ortho intramolecular Hbond substituents is 1. The third kappa shape index (κ3) is 7.43. The summed E-state index contributed by atoms with van der Waals surface area (Å²) in [6.45, 7) is 16.9. The molecule has 0 fully saturated rings. The molecule has 0 spiro atoms. The van der Waals surface area contributed by atoms with Gasteiger partial charge < -0.3 is 9.84 Å². The molecule has 1 aliphatic carbocycles. The normalized spacial score (nSPS) is 18.9. The van der Waals surface area contributed by atoms with Crippen molar-refractivity contribution in [2.45, 2.75) is 104 Å². The van der Waals surface area contributed by atoms with E-state index in [-0.39, 0.29) is 27.6 Å². The van der Waals surface area contributed by atoms with Crippen molar-refractivity contribution in [1.29, 1.82) is 0 Å². The third-order valence-electron chi connectivity index (χ3n) is 6.37. The number of benzene rings is 1. The molecule has 0 aromatic heterocycles. The number of aromatic hydroxyl groups is 1. The van der Waals surface area contributed by atoms with Crippen molar-refractivity contribution in [3.8, 4) is 11.5 Å². The number of hydrogen-bond donors (Lipinski definition) is 1. The molecule has 0 unspecified atom stereocenters. The van der Waals surface area contributed by atoms with E-state index >= 15 is 0 Å². The summed E-state index contributed by atoms with van der Waals surface area (Å²) < 4.78 is 5.79. The standard InChI is InChI=1S/C28H42O3S/c1-8-10-11-12-21-17-24(29)26(23-16-20(5)13-14-22(23)19(3)4)25(18-21)31-27(30)32-28(6,7)15-9-2/h16-18,22-23,29H,3,8-15H2,1-2,4-7H3/t22-,23+/m0/s1. The van der Waals surface area contributed by atoms with Gasteiger partial charge in [0.15, 0.2) is 0 Å². The van der Waals surface area contributed by atoms with E-state index in [1.807, 2.05) is 12.1 Å². The number of unbranched alkanes of at least 4 members (excludes halogenated alkanes) is 2. The lowest BCUT2D eigenvalue weighted by Crippen LogP contribution is -2.21. The topological polar surface area (TPSA) is 46.5 Å². The van der Waals surface area contributed by atoms with Gasteiger partial charge in [-0.05, 0) is 81.3 Å². The highest BCUT2D eigenvalue weighted by molar-refractivity contribution is 8.14. The van der Waals surface area contributed by atoms with Crippen molar-refractivity contribution >= 4 is 17.1 Å². The van der Waals surface area contributed by atoms with Crippen molar-refractivity contribution in [3.63, 3.8) is 0 Å². The fourth-order valence-corrected chi connectivity index (χ4v) is 5.59. The number of ether oxygens (including phenoxy) is 1. The Balaban J connectivity index is 2.46. The number of aryl methyl sites for hydroxylation is 1. The molecule has 1 N–H and O–H groups in total. The van der Waals surface area contributed by atoms with Crippen LogP contribution in [0.25, 0.3) is 0 Å². The Bertz CT molecular complexity index is 837. The highest BCUT2D eigenvalue weighted by Gasteiger charge is 2.32. The zero-order valence-corrected chi connectivity index (χ0v) is 21.7. The predicted octanol–water partition coefficient (Wildman–Crippen LogP) is 8.95. The second kappa shape index (κ2) is 12.0. The first kappa shape index (κ1) is 26.6. The molecule has 0 heterocycles. The SMILES string of the molecule is C=C(C)[C@@H]1CCC(C)=C[C@H]1c1c(O)cc(CCCCC)cc1OC(=O)SC(C)(C)CCC. The van der Waals surface area contributed by atoms with Gasteiger partial charge in [-0.3, -0.25) is 0 Å². The molecule has 178 valence electrons. The first-order valence-electron chi connectivity index (χ1n) is 12.2. The minimum Gasteiger partial charge on any atom is -0.507 e. The zero-order chi connectivity index (χ0) is 23.9. The number of carbonyl (C=O) groups is 1. The third-order valence-corrected chi connectivity index (χ3v) is 7.37. The monoisotopic (exact) mass is 458 g/mol. The summed E-state index contributed by atoms with van der Waals surface area (Å²) in [5.74, 6) is 0.907. The highest BCUT2D eigenvalue weighted by atomic mass is 32.2. The summed E-state index contributed by atoms with van der Waals surface area (Å²) in [5.41, 5.74) is 4.14. The van der Waals surface area contributed by atoms with Crippen LogP contribution < -0.4 is 4.74 Å². The number of carbonyl (C=O) groups excluding carboxylic acids is 1. The van der Waals surface area contributed by atoms with Gasteiger partial charge in [-0.15, -0.1) is 0 Å². The smallest absolute Gasteiger partial charge is 0.373 e. The van der Waals surface area contributed by atoms with Crippen molar-refractivity contribution in [2.75, 3.05) is 0 Å². The molecular formula is C28H42O3S. The van der Waals surface area contributed by atoms with Gasteiger partial charge in [-0.25, -0.2) is 4.79 Å². The van der Waals surface area contributed by atoms with Gasteiger partial charge in [0.05, 0.1) is 0 Å². The van der Waals surface area contributed by atoms with Gasteiger partial charge in [0.25, 0.3) is 0 Å². The number of phenols is 1. The van der Waals surface area contributed by atoms with Crippen molar-refractivity contribution in [1.82, 2.24) is 0 Å². The van der Waals surface area contributed by atoms with Crippen LogP contribution in [0, 0.1) is 5.92 Å². The number of rotatable bonds is 10. The van der Waals surface area contributed by atoms with Crippen LogP contribution in [0.1, 0.15) is 104 Å². The van der Waals surface area contributed by atoms with Gasteiger partial charge in [-0.2, -0.15) is 0 Å². The molecule has 0 aliphatic heterocycles. The van der Waals surface area contributed by atoms with E-state index in [9.17, 15) is 9.90 Å². The summed E-state index contributed by atoms with van der Waals surface area (Å²) >= 11 is 1.24.